The molecule has 19 heavy (non-hydrogen) atoms. The number of aryl methyl sites for hydroxylation is 1. The van der Waals surface area contributed by atoms with Crippen LogP contribution < -0.4 is 5.73 Å². The molecule has 0 amide bonds. The van der Waals surface area contributed by atoms with Gasteiger partial charge in [0.2, 0.25) is 11.7 Å². The van der Waals surface area contributed by atoms with E-state index in [1.807, 2.05) is 13.8 Å². The van der Waals surface area contributed by atoms with Gasteiger partial charge in [-0.1, -0.05) is 19.0 Å². The number of nitrogens with zero attached hydrogens (tertiary/aromatic N) is 2. The summed E-state index contributed by atoms with van der Waals surface area (Å²) in [5.74, 6) is 2.52. The Kier molecular flexibility index (Phi) is 5.94. The molecule has 0 aliphatic carbocycles. The van der Waals surface area contributed by atoms with E-state index in [2.05, 4.69) is 24.0 Å². The summed E-state index contributed by atoms with van der Waals surface area (Å²) in [5.41, 5.74) is 5.14. The Morgan fingerprint density at radius 3 is 2.53 bits per heavy atom. The molecular formula is C14H27N3O2. The first-order chi connectivity index (χ1) is 8.90. The van der Waals surface area contributed by atoms with Crippen molar-refractivity contribution in [2.75, 3.05) is 13.7 Å². The number of rotatable bonds is 8. The zero-order valence-corrected chi connectivity index (χ0v) is 12.8. The Morgan fingerprint density at radius 1 is 1.32 bits per heavy atom. The van der Waals surface area contributed by atoms with Crippen LogP contribution in [0.1, 0.15) is 52.3 Å². The van der Waals surface area contributed by atoms with Crippen LogP contribution in [0.3, 0.4) is 0 Å². The highest BCUT2D eigenvalue weighted by Crippen LogP contribution is 2.23. The number of aromatic nitrogens is 2. The summed E-state index contributed by atoms with van der Waals surface area (Å²) < 4.78 is 10.6. The van der Waals surface area contributed by atoms with Crippen LogP contribution in [0.4, 0.5) is 0 Å². The predicted octanol–water partition coefficient (Wildman–Crippen LogP) is 2.50. The molecule has 1 aromatic heterocycles. The van der Waals surface area contributed by atoms with Crippen molar-refractivity contribution in [1.82, 2.24) is 10.1 Å². The van der Waals surface area contributed by atoms with Crippen LogP contribution in [0.5, 0.6) is 0 Å². The van der Waals surface area contributed by atoms with Crippen LogP contribution in [0.2, 0.25) is 0 Å². The van der Waals surface area contributed by atoms with Crippen molar-refractivity contribution in [3.63, 3.8) is 0 Å². The first kappa shape index (κ1) is 16.1. The molecule has 0 saturated heterocycles. The topological polar surface area (TPSA) is 74.2 Å². The predicted molar refractivity (Wildman–Crippen MR) is 74.7 cm³/mol. The van der Waals surface area contributed by atoms with Crippen molar-refractivity contribution in [1.29, 1.82) is 0 Å². The van der Waals surface area contributed by atoms with Gasteiger partial charge in [0, 0.05) is 13.5 Å². The fraction of sp³-hybridized carbons (Fsp3) is 0.857. The Morgan fingerprint density at radius 2 is 2.00 bits per heavy atom. The van der Waals surface area contributed by atoms with Gasteiger partial charge in [0.25, 0.3) is 0 Å². The lowest BCUT2D eigenvalue weighted by Gasteiger charge is -2.19. The highest BCUT2D eigenvalue weighted by atomic mass is 16.5. The summed E-state index contributed by atoms with van der Waals surface area (Å²) in [7, 11) is 1.64. The van der Waals surface area contributed by atoms with Crippen molar-refractivity contribution in [3.05, 3.63) is 11.7 Å². The second-order valence-corrected chi connectivity index (χ2v) is 5.85. The molecule has 1 heterocycles. The number of hydrogen-bond donors (Lipinski definition) is 1. The summed E-state index contributed by atoms with van der Waals surface area (Å²) in [5, 5.41) is 3.99. The third-order valence-electron chi connectivity index (χ3n) is 3.73. The standard InChI is InChI=1S/C14H27N3O2/c1-10(2)11(8-9-15)6-7-12-16-13(17-19-12)14(3,4)18-5/h10-11H,6-9,15H2,1-5H3. The smallest absolute Gasteiger partial charge is 0.226 e. The van der Waals surface area contributed by atoms with E-state index in [1.165, 1.54) is 0 Å². The van der Waals surface area contributed by atoms with E-state index in [-0.39, 0.29) is 0 Å². The molecule has 1 unspecified atom stereocenters. The third-order valence-corrected chi connectivity index (χ3v) is 3.73. The van der Waals surface area contributed by atoms with Gasteiger partial charge in [-0.2, -0.15) is 4.98 Å². The van der Waals surface area contributed by atoms with Gasteiger partial charge in [0.05, 0.1) is 0 Å². The molecule has 5 nitrogen and oxygen atoms in total. The van der Waals surface area contributed by atoms with Gasteiger partial charge in [0.15, 0.2) is 0 Å². The lowest BCUT2D eigenvalue weighted by atomic mass is 9.88. The van der Waals surface area contributed by atoms with Crippen LogP contribution in [0.25, 0.3) is 0 Å². The highest BCUT2D eigenvalue weighted by Gasteiger charge is 2.26. The van der Waals surface area contributed by atoms with Gasteiger partial charge in [-0.05, 0) is 45.1 Å². The Balaban J connectivity index is 2.59. The molecule has 0 radical (unpaired) electrons. The molecule has 1 atom stereocenters. The van der Waals surface area contributed by atoms with E-state index in [9.17, 15) is 0 Å². The van der Waals surface area contributed by atoms with Crippen molar-refractivity contribution in [2.45, 2.75) is 52.6 Å². The molecule has 0 spiro atoms. The zero-order valence-electron chi connectivity index (χ0n) is 12.8. The van der Waals surface area contributed by atoms with Crippen LogP contribution in [0, 0.1) is 11.8 Å². The molecule has 2 N–H and O–H groups in total. The van der Waals surface area contributed by atoms with Crippen LogP contribution in [-0.4, -0.2) is 23.8 Å². The van der Waals surface area contributed by atoms with E-state index >= 15 is 0 Å². The minimum Gasteiger partial charge on any atom is -0.371 e. The van der Waals surface area contributed by atoms with Crippen LogP contribution >= 0.6 is 0 Å². The Bertz CT molecular complexity index is 375. The summed E-state index contributed by atoms with van der Waals surface area (Å²) in [6.45, 7) is 9.04. The number of hydrogen-bond acceptors (Lipinski definition) is 5. The molecule has 0 bridgehead atoms. The summed E-state index contributed by atoms with van der Waals surface area (Å²) in [6, 6.07) is 0. The summed E-state index contributed by atoms with van der Waals surface area (Å²) in [6.07, 6.45) is 2.88. The molecule has 0 aliphatic heterocycles. The number of nitrogens with two attached hydrogens (primary N) is 1. The molecule has 0 fully saturated rings. The Labute approximate surface area is 115 Å². The fourth-order valence-corrected chi connectivity index (χ4v) is 2.03. The monoisotopic (exact) mass is 269 g/mol. The third kappa shape index (κ3) is 4.58. The molecular weight excluding hydrogens is 242 g/mol. The average molecular weight is 269 g/mol. The average Bonchev–Trinajstić information content (AvgIpc) is 2.83. The van der Waals surface area contributed by atoms with Crippen molar-refractivity contribution < 1.29 is 9.26 Å². The summed E-state index contributed by atoms with van der Waals surface area (Å²) >= 11 is 0. The lowest BCUT2D eigenvalue weighted by molar-refractivity contribution is 0.00973. The number of ether oxygens (including phenoxy) is 1. The fourth-order valence-electron chi connectivity index (χ4n) is 2.03. The zero-order chi connectivity index (χ0) is 14.5. The van der Waals surface area contributed by atoms with Gasteiger partial charge in [-0.3, -0.25) is 0 Å². The molecule has 0 aliphatic rings. The first-order valence-corrected chi connectivity index (χ1v) is 6.99. The molecule has 5 heteroatoms. The highest BCUT2D eigenvalue weighted by molar-refractivity contribution is 4.97. The van der Waals surface area contributed by atoms with Gasteiger partial charge >= 0.3 is 0 Å². The van der Waals surface area contributed by atoms with Crippen molar-refractivity contribution >= 4 is 0 Å². The van der Waals surface area contributed by atoms with Crippen LogP contribution in [-0.2, 0) is 16.8 Å². The summed E-state index contributed by atoms with van der Waals surface area (Å²) in [4.78, 5) is 4.41. The largest absolute Gasteiger partial charge is 0.371 e. The van der Waals surface area contributed by atoms with Crippen molar-refractivity contribution in [2.24, 2.45) is 17.6 Å². The first-order valence-electron chi connectivity index (χ1n) is 6.99. The quantitative estimate of drug-likeness (QED) is 0.785. The van der Waals surface area contributed by atoms with E-state index in [1.54, 1.807) is 7.11 Å². The minimum absolute atomic E-state index is 0.504. The van der Waals surface area contributed by atoms with E-state index in [4.69, 9.17) is 15.0 Å². The van der Waals surface area contributed by atoms with E-state index in [0.29, 0.717) is 23.6 Å². The molecule has 1 rings (SSSR count). The van der Waals surface area contributed by atoms with Gasteiger partial charge in [0.1, 0.15) is 5.60 Å². The van der Waals surface area contributed by atoms with Crippen LogP contribution in [0.15, 0.2) is 4.52 Å². The molecule has 110 valence electrons. The molecule has 0 saturated carbocycles. The second-order valence-electron chi connectivity index (χ2n) is 5.85. The normalized spacial score (nSPS) is 14.1. The number of methoxy groups -OCH3 is 1. The molecule has 0 aromatic carbocycles. The van der Waals surface area contributed by atoms with E-state index < -0.39 is 5.60 Å². The minimum atomic E-state index is -0.504. The second kappa shape index (κ2) is 7.01. The van der Waals surface area contributed by atoms with Gasteiger partial charge in [-0.15, -0.1) is 0 Å². The SMILES string of the molecule is COC(C)(C)c1noc(CCC(CCN)C(C)C)n1. The maximum absolute atomic E-state index is 5.65. The maximum atomic E-state index is 5.65. The Hall–Kier alpha value is -0.940. The van der Waals surface area contributed by atoms with Gasteiger partial charge in [-0.25, -0.2) is 0 Å². The van der Waals surface area contributed by atoms with Crippen molar-refractivity contribution in [3.8, 4) is 0 Å². The van der Waals surface area contributed by atoms with E-state index in [0.717, 1.165) is 25.8 Å². The van der Waals surface area contributed by atoms with Gasteiger partial charge < -0.3 is 15.0 Å². The maximum Gasteiger partial charge on any atom is 0.226 e. The lowest BCUT2D eigenvalue weighted by Crippen LogP contribution is -2.21. The molecule has 1 aromatic rings.